The Morgan fingerprint density at radius 3 is 2.77 bits per heavy atom. The number of carbonyl (C=O) groups is 1. The third kappa shape index (κ3) is 2.32. The number of hydrogen-bond acceptors (Lipinski definition) is 4. The van der Waals surface area contributed by atoms with Crippen molar-refractivity contribution in [3.63, 3.8) is 0 Å². The first-order valence-electron chi connectivity index (χ1n) is 7.80. The lowest BCUT2D eigenvalue weighted by molar-refractivity contribution is 0.0727. The van der Waals surface area contributed by atoms with Gasteiger partial charge in [-0.05, 0) is 39.7 Å². The van der Waals surface area contributed by atoms with Crippen molar-refractivity contribution in [3.05, 3.63) is 34.7 Å². The Kier molecular flexibility index (Phi) is 3.76. The first-order valence-corrected chi connectivity index (χ1v) is 7.80. The Hall–Kier alpha value is -2.11. The third-order valence-electron chi connectivity index (χ3n) is 4.48. The van der Waals surface area contributed by atoms with E-state index in [-0.39, 0.29) is 11.9 Å². The van der Waals surface area contributed by atoms with Gasteiger partial charge in [0.05, 0.1) is 11.6 Å². The van der Waals surface area contributed by atoms with Crippen LogP contribution in [0.5, 0.6) is 0 Å². The maximum atomic E-state index is 13.0. The van der Waals surface area contributed by atoms with E-state index in [9.17, 15) is 4.79 Å². The Morgan fingerprint density at radius 2 is 2.18 bits per heavy atom. The smallest absolute Gasteiger partial charge is 0.256 e. The molecule has 3 heterocycles. The van der Waals surface area contributed by atoms with Gasteiger partial charge in [-0.3, -0.25) is 4.79 Å². The molecule has 0 bridgehead atoms. The van der Waals surface area contributed by atoms with E-state index < -0.39 is 0 Å². The van der Waals surface area contributed by atoms with Crippen LogP contribution >= 0.6 is 0 Å². The summed E-state index contributed by atoms with van der Waals surface area (Å²) < 4.78 is 7.24. The molecule has 0 N–H and O–H groups in total. The van der Waals surface area contributed by atoms with Gasteiger partial charge in [0.1, 0.15) is 0 Å². The molecule has 1 fully saturated rings. The quantitative estimate of drug-likeness (QED) is 0.874. The molecule has 2 aromatic heterocycles. The van der Waals surface area contributed by atoms with Crippen molar-refractivity contribution in [1.29, 1.82) is 0 Å². The number of hydrogen-bond donors (Lipinski definition) is 0. The number of nitrogens with zero attached hydrogens (tertiary/aromatic N) is 4. The maximum absolute atomic E-state index is 13.0. The summed E-state index contributed by atoms with van der Waals surface area (Å²) in [7, 11) is 0. The molecule has 0 aromatic carbocycles. The zero-order valence-electron chi connectivity index (χ0n) is 13.6. The fourth-order valence-corrected chi connectivity index (χ4v) is 3.39. The van der Waals surface area contributed by atoms with E-state index in [0.717, 1.165) is 42.9 Å². The van der Waals surface area contributed by atoms with Gasteiger partial charge in [0.25, 0.3) is 5.91 Å². The summed E-state index contributed by atoms with van der Waals surface area (Å²) in [4.78, 5) is 19.2. The third-order valence-corrected chi connectivity index (χ3v) is 4.48. The zero-order valence-corrected chi connectivity index (χ0v) is 13.6. The van der Waals surface area contributed by atoms with Crippen LogP contribution in [0, 0.1) is 20.8 Å². The summed E-state index contributed by atoms with van der Waals surface area (Å²) in [6.45, 7) is 9.53. The Morgan fingerprint density at radius 1 is 1.41 bits per heavy atom. The molecular weight excluding hydrogens is 280 g/mol. The molecule has 0 aliphatic carbocycles. The van der Waals surface area contributed by atoms with Crippen LogP contribution in [0.1, 0.15) is 59.3 Å². The lowest BCUT2D eigenvalue weighted by Gasteiger charge is -2.22. The van der Waals surface area contributed by atoms with Gasteiger partial charge in [-0.1, -0.05) is 5.16 Å². The minimum Gasteiger partial charge on any atom is -0.349 e. The summed E-state index contributed by atoms with van der Waals surface area (Å²) in [5, 5.41) is 4.00. The average molecular weight is 302 g/mol. The van der Waals surface area contributed by atoms with Crippen LogP contribution in [-0.2, 0) is 6.54 Å². The van der Waals surface area contributed by atoms with Crippen LogP contribution in [0.25, 0.3) is 0 Å². The maximum Gasteiger partial charge on any atom is 0.256 e. The first-order chi connectivity index (χ1) is 10.5. The molecular formula is C16H22N4O2. The van der Waals surface area contributed by atoms with Crippen LogP contribution in [0.3, 0.4) is 0 Å². The molecule has 2 aromatic rings. The van der Waals surface area contributed by atoms with E-state index in [1.165, 1.54) is 0 Å². The summed E-state index contributed by atoms with van der Waals surface area (Å²) in [5.74, 6) is 1.23. The van der Waals surface area contributed by atoms with Gasteiger partial charge >= 0.3 is 0 Å². The lowest BCUT2D eigenvalue weighted by Crippen LogP contribution is -2.31. The number of carbonyl (C=O) groups excluding carboxylic acids is 1. The zero-order chi connectivity index (χ0) is 15.9. The van der Waals surface area contributed by atoms with E-state index >= 15 is 0 Å². The molecule has 0 spiro atoms. The Bertz CT molecular complexity index is 701. The number of likely N-dealkylation sites (tertiary alicyclic amines) is 1. The van der Waals surface area contributed by atoms with Crippen molar-refractivity contribution in [2.24, 2.45) is 0 Å². The fourth-order valence-electron chi connectivity index (χ4n) is 3.39. The highest BCUT2D eigenvalue weighted by Crippen LogP contribution is 2.32. The summed E-state index contributed by atoms with van der Waals surface area (Å²) in [6.07, 6.45) is 1.85. The predicted molar refractivity (Wildman–Crippen MR) is 81.6 cm³/mol. The molecule has 6 nitrogen and oxygen atoms in total. The molecule has 0 unspecified atom stereocenters. The molecule has 6 heteroatoms. The number of amides is 1. The molecule has 22 heavy (non-hydrogen) atoms. The molecule has 3 rings (SSSR count). The second-order valence-electron chi connectivity index (χ2n) is 5.86. The Balaban J connectivity index is 1.91. The van der Waals surface area contributed by atoms with Gasteiger partial charge in [-0.2, -0.15) is 4.98 Å². The molecule has 0 radical (unpaired) electrons. The van der Waals surface area contributed by atoms with Crippen molar-refractivity contribution in [1.82, 2.24) is 19.6 Å². The van der Waals surface area contributed by atoms with Gasteiger partial charge in [-0.25, -0.2) is 0 Å². The number of aryl methyl sites for hydroxylation is 2. The largest absolute Gasteiger partial charge is 0.349 e. The van der Waals surface area contributed by atoms with Crippen LogP contribution < -0.4 is 0 Å². The van der Waals surface area contributed by atoms with Crippen molar-refractivity contribution in [2.45, 2.75) is 53.1 Å². The molecule has 1 saturated heterocycles. The summed E-state index contributed by atoms with van der Waals surface area (Å²) in [5.41, 5.74) is 2.93. The minimum atomic E-state index is -0.0744. The van der Waals surface area contributed by atoms with Crippen LogP contribution in [-0.4, -0.2) is 32.1 Å². The van der Waals surface area contributed by atoms with Gasteiger partial charge in [0.15, 0.2) is 5.82 Å². The normalized spacial score (nSPS) is 18.2. The van der Waals surface area contributed by atoms with Crippen molar-refractivity contribution in [2.75, 3.05) is 6.54 Å². The Labute approximate surface area is 130 Å². The number of rotatable bonds is 3. The lowest BCUT2D eigenvalue weighted by atomic mass is 10.1. The van der Waals surface area contributed by atoms with E-state index in [2.05, 4.69) is 21.6 Å². The standard InChI is InChI=1S/C16H22N4O2/c1-5-19-10(2)9-13(11(19)3)16(21)20-8-6-7-14(20)15-17-12(4)22-18-15/h9,14H,5-8H2,1-4H3/t14-/m1/s1. The summed E-state index contributed by atoms with van der Waals surface area (Å²) in [6, 6.07) is 1.91. The van der Waals surface area contributed by atoms with Gasteiger partial charge in [-0.15, -0.1) is 0 Å². The van der Waals surface area contributed by atoms with Crippen molar-refractivity contribution >= 4 is 5.91 Å². The van der Waals surface area contributed by atoms with E-state index in [4.69, 9.17) is 4.52 Å². The molecule has 1 atom stereocenters. The molecule has 118 valence electrons. The fraction of sp³-hybridized carbons (Fsp3) is 0.562. The van der Waals surface area contributed by atoms with E-state index in [1.54, 1.807) is 6.92 Å². The molecule has 1 aliphatic rings. The topological polar surface area (TPSA) is 64.2 Å². The molecule has 1 amide bonds. The van der Waals surface area contributed by atoms with Crippen LogP contribution in [0.2, 0.25) is 0 Å². The molecule has 1 aliphatic heterocycles. The highest BCUT2D eigenvalue weighted by Gasteiger charge is 2.34. The second-order valence-corrected chi connectivity index (χ2v) is 5.86. The second kappa shape index (κ2) is 5.59. The van der Waals surface area contributed by atoms with Gasteiger partial charge < -0.3 is 14.0 Å². The monoisotopic (exact) mass is 302 g/mol. The summed E-state index contributed by atoms with van der Waals surface area (Å²) >= 11 is 0. The van der Waals surface area contributed by atoms with Crippen molar-refractivity contribution < 1.29 is 9.32 Å². The number of aromatic nitrogens is 3. The average Bonchev–Trinajstić information content (AvgIpc) is 3.17. The van der Waals surface area contributed by atoms with Gasteiger partial charge in [0.2, 0.25) is 5.89 Å². The van der Waals surface area contributed by atoms with E-state index in [0.29, 0.717) is 11.7 Å². The molecule has 0 saturated carbocycles. The highest BCUT2D eigenvalue weighted by atomic mass is 16.5. The SMILES string of the molecule is CCn1c(C)cc(C(=O)N2CCC[C@@H]2c2noc(C)n2)c1C. The van der Waals surface area contributed by atoms with Crippen LogP contribution in [0.4, 0.5) is 0 Å². The minimum absolute atomic E-state index is 0.0674. The van der Waals surface area contributed by atoms with Crippen molar-refractivity contribution in [3.8, 4) is 0 Å². The van der Waals surface area contributed by atoms with Gasteiger partial charge in [0, 0.05) is 31.4 Å². The first kappa shape index (κ1) is 14.8. The predicted octanol–water partition coefficient (Wildman–Crippen LogP) is 2.79. The highest BCUT2D eigenvalue weighted by molar-refractivity contribution is 5.96. The van der Waals surface area contributed by atoms with Crippen LogP contribution in [0.15, 0.2) is 10.6 Å². The van der Waals surface area contributed by atoms with E-state index in [1.807, 2.05) is 24.8 Å².